The van der Waals surface area contributed by atoms with Crippen LogP contribution in [0.1, 0.15) is 55.5 Å². The van der Waals surface area contributed by atoms with Gasteiger partial charge in [0.25, 0.3) is 0 Å². The summed E-state index contributed by atoms with van der Waals surface area (Å²) in [7, 11) is -3.67. The summed E-state index contributed by atoms with van der Waals surface area (Å²) in [6.45, 7) is 1.34. The molecule has 176 valence electrons. The first-order chi connectivity index (χ1) is 15.8. The van der Waals surface area contributed by atoms with Crippen molar-refractivity contribution >= 4 is 27.5 Å². The van der Waals surface area contributed by atoms with Gasteiger partial charge in [-0.1, -0.05) is 31.1 Å². The molecule has 8 nitrogen and oxygen atoms in total. The molecule has 1 aliphatic carbocycles. The van der Waals surface area contributed by atoms with Crippen LogP contribution in [0.4, 0.5) is 5.95 Å². The number of hydrogen-bond donors (Lipinski definition) is 2. The van der Waals surface area contributed by atoms with Crippen LogP contribution in [0.5, 0.6) is 0 Å². The first-order valence-electron chi connectivity index (χ1n) is 11.5. The number of rotatable bonds is 7. The van der Waals surface area contributed by atoms with E-state index in [2.05, 4.69) is 16.0 Å². The van der Waals surface area contributed by atoms with Gasteiger partial charge in [-0.05, 0) is 67.9 Å². The Balaban J connectivity index is 1.35. The molecule has 0 saturated heterocycles. The fourth-order valence-electron chi connectivity index (χ4n) is 4.66. The number of anilines is 1. The summed E-state index contributed by atoms with van der Waals surface area (Å²) in [6, 6.07) is 8.61. The number of aryl methyl sites for hydroxylation is 2. The van der Waals surface area contributed by atoms with E-state index in [4.69, 9.17) is 10.9 Å². The molecular weight excluding hydrogens is 438 g/mol. The van der Waals surface area contributed by atoms with Gasteiger partial charge in [-0.2, -0.15) is 0 Å². The van der Waals surface area contributed by atoms with Crippen molar-refractivity contribution < 1.29 is 13.2 Å². The van der Waals surface area contributed by atoms with Crippen molar-refractivity contribution in [2.75, 3.05) is 18.8 Å². The molecule has 9 heteroatoms. The predicted octanol–water partition coefficient (Wildman–Crippen LogP) is 2.69. The Kier molecular flexibility index (Phi) is 7.09. The lowest BCUT2D eigenvalue weighted by Gasteiger charge is -2.28. The third-order valence-corrected chi connectivity index (χ3v) is 7.43. The van der Waals surface area contributed by atoms with E-state index in [1.165, 1.54) is 12.1 Å². The van der Waals surface area contributed by atoms with Gasteiger partial charge in [0.15, 0.2) is 0 Å². The predicted molar refractivity (Wildman–Crippen MR) is 127 cm³/mol. The highest BCUT2D eigenvalue weighted by molar-refractivity contribution is 7.89. The fraction of sp³-hybridized carbons (Fsp3) is 0.458. The van der Waals surface area contributed by atoms with Crippen molar-refractivity contribution in [2.45, 2.75) is 56.3 Å². The van der Waals surface area contributed by atoms with Crippen LogP contribution in [0.25, 0.3) is 5.57 Å². The van der Waals surface area contributed by atoms with Crippen molar-refractivity contribution in [2.24, 2.45) is 11.1 Å². The van der Waals surface area contributed by atoms with Gasteiger partial charge in [0.1, 0.15) is 0 Å². The molecule has 1 aliphatic heterocycles. The fourth-order valence-corrected chi connectivity index (χ4v) is 5.18. The molecule has 1 aromatic carbocycles. The number of hydrogen-bond acceptors (Lipinski definition) is 6. The van der Waals surface area contributed by atoms with Crippen LogP contribution < -0.4 is 10.9 Å². The van der Waals surface area contributed by atoms with E-state index in [0.717, 1.165) is 80.4 Å². The molecule has 1 aromatic heterocycles. The Bertz CT molecular complexity index is 1140. The zero-order valence-corrected chi connectivity index (χ0v) is 19.6. The van der Waals surface area contributed by atoms with Gasteiger partial charge >= 0.3 is 0 Å². The number of primary sulfonamides is 1. The van der Waals surface area contributed by atoms with Crippen LogP contribution in [0.3, 0.4) is 0 Å². The first kappa shape index (κ1) is 23.4. The van der Waals surface area contributed by atoms with Gasteiger partial charge in [-0.15, -0.1) is 0 Å². The number of nitrogen functional groups attached to an aromatic ring is 1. The number of sulfonamides is 1. The summed E-state index contributed by atoms with van der Waals surface area (Å²) in [4.78, 5) is 23.6. The average Bonchev–Trinajstić information content (AvgIpc) is 3.33. The minimum absolute atomic E-state index is 0.115. The molecule has 1 saturated carbocycles. The van der Waals surface area contributed by atoms with Crippen molar-refractivity contribution in [3.63, 3.8) is 0 Å². The van der Waals surface area contributed by atoms with Crippen molar-refractivity contribution in [1.29, 1.82) is 0 Å². The summed E-state index contributed by atoms with van der Waals surface area (Å²) in [6.07, 6.45) is 9.58. The number of carbonyl (C=O) groups is 1. The molecule has 0 spiro atoms. The van der Waals surface area contributed by atoms with Crippen LogP contribution in [0, 0.1) is 5.92 Å². The van der Waals surface area contributed by atoms with Gasteiger partial charge < -0.3 is 10.6 Å². The Morgan fingerprint density at radius 1 is 1.09 bits per heavy atom. The molecule has 1 fully saturated rings. The second-order valence-corrected chi connectivity index (χ2v) is 10.5. The Hall–Kier alpha value is -2.78. The van der Waals surface area contributed by atoms with Gasteiger partial charge in [-0.3, -0.25) is 4.79 Å². The zero-order valence-electron chi connectivity index (χ0n) is 18.7. The molecule has 4 rings (SSSR count). The smallest absolute Gasteiger partial charge is 0.238 e. The van der Waals surface area contributed by atoms with E-state index in [1.54, 1.807) is 12.1 Å². The summed E-state index contributed by atoms with van der Waals surface area (Å²) in [5.74, 6) is 0.755. The molecule has 2 heterocycles. The average molecular weight is 470 g/mol. The molecular formula is C24H31N5O3S. The summed E-state index contributed by atoms with van der Waals surface area (Å²) >= 11 is 0. The van der Waals surface area contributed by atoms with E-state index in [0.29, 0.717) is 12.5 Å². The lowest BCUT2D eigenvalue weighted by Crippen LogP contribution is -2.38. The maximum Gasteiger partial charge on any atom is 0.238 e. The molecule has 33 heavy (non-hydrogen) atoms. The van der Waals surface area contributed by atoms with Crippen molar-refractivity contribution in [3.05, 3.63) is 53.4 Å². The molecule has 2 aliphatic rings. The summed E-state index contributed by atoms with van der Waals surface area (Å²) in [5.41, 5.74) is 9.84. The van der Waals surface area contributed by atoms with Crippen molar-refractivity contribution in [1.82, 2.24) is 14.9 Å². The topological polar surface area (TPSA) is 132 Å². The maximum absolute atomic E-state index is 12.7. The molecule has 2 aromatic rings. The summed E-state index contributed by atoms with van der Waals surface area (Å²) in [5, 5.41) is 5.15. The maximum atomic E-state index is 12.7. The molecule has 4 N–H and O–H groups in total. The molecule has 0 unspecified atom stereocenters. The zero-order chi connectivity index (χ0) is 23.4. The van der Waals surface area contributed by atoms with Gasteiger partial charge in [0, 0.05) is 24.7 Å². The highest BCUT2D eigenvalue weighted by Crippen LogP contribution is 2.29. The van der Waals surface area contributed by atoms with E-state index >= 15 is 0 Å². The number of amides is 1. The van der Waals surface area contributed by atoms with Crippen molar-refractivity contribution in [3.8, 4) is 0 Å². The minimum atomic E-state index is -3.67. The van der Waals surface area contributed by atoms with E-state index in [-0.39, 0.29) is 16.8 Å². The highest BCUT2D eigenvalue weighted by atomic mass is 32.2. The van der Waals surface area contributed by atoms with Gasteiger partial charge in [-0.25, -0.2) is 23.5 Å². The van der Waals surface area contributed by atoms with E-state index < -0.39 is 10.0 Å². The first-order valence-corrected chi connectivity index (χ1v) is 13.1. The van der Waals surface area contributed by atoms with Gasteiger partial charge in [0.2, 0.25) is 21.9 Å². The number of benzene rings is 1. The lowest BCUT2D eigenvalue weighted by molar-refractivity contribution is -0.134. The second-order valence-electron chi connectivity index (χ2n) is 8.89. The second kappa shape index (κ2) is 10.0. The largest absolute Gasteiger partial charge is 0.368 e. The van der Waals surface area contributed by atoms with Gasteiger partial charge in [0.05, 0.1) is 10.6 Å². The quantitative estimate of drug-likeness (QED) is 0.641. The normalized spacial score (nSPS) is 17.2. The van der Waals surface area contributed by atoms with Crippen LogP contribution in [0.15, 0.2) is 41.3 Å². The van der Waals surface area contributed by atoms with Crippen LogP contribution >= 0.6 is 0 Å². The SMILES string of the molecule is Nc1nc(CCCc2ccc(S(N)(=O)=O)cc2)cc(C2=CCN(C(=O)C3CCCC3)CC2)n1. The highest BCUT2D eigenvalue weighted by Gasteiger charge is 2.28. The molecule has 0 bridgehead atoms. The monoisotopic (exact) mass is 469 g/mol. The molecule has 0 atom stereocenters. The third kappa shape index (κ3) is 5.97. The molecule has 1 amide bonds. The lowest BCUT2D eigenvalue weighted by atomic mass is 10.0. The third-order valence-electron chi connectivity index (χ3n) is 6.50. The standard InChI is InChI=1S/C24H31N5O3S/c25-24-27-20(7-3-4-17-8-10-21(11-9-17)33(26,31)32)16-22(28-24)18-12-14-29(15-13-18)23(30)19-5-1-2-6-19/h8-12,16,19H,1-7,13-15H2,(H2,25,27,28)(H2,26,31,32). The molecule has 0 radical (unpaired) electrons. The van der Waals surface area contributed by atoms with Crippen LogP contribution in [-0.4, -0.2) is 42.3 Å². The number of nitrogens with two attached hydrogens (primary N) is 2. The van der Waals surface area contributed by atoms with Crippen LogP contribution in [-0.2, 0) is 27.7 Å². The number of aromatic nitrogens is 2. The Morgan fingerprint density at radius 3 is 2.45 bits per heavy atom. The number of carbonyl (C=O) groups excluding carboxylic acids is 1. The van der Waals surface area contributed by atoms with Crippen LogP contribution in [0.2, 0.25) is 0 Å². The Morgan fingerprint density at radius 2 is 1.82 bits per heavy atom. The van der Waals surface area contributed by atoms with E-state index in [1.807, 2.05) is 11.0 Å². The van der Waals surface area contributed by atoms with E-state index in [9.17, 15) is 13.2 Å². The Labute approximate surface area is 195 Å². The minimum Gasteiger partial charge on any atom is -0.368 e. The summed E-state index contributed by atoms with van der Waals surface area (Å²) < 4.78 is 22.8. The number of nitrogens with zero attached hydrogens (tertiary/aromatic N) is 3.